The van der Waals surface area contributed by atoms with E-state index in [1.165, 1.54) is 0 Å². The summed E-state index contributed by atoms with van der Waals surface area (Å²) in [5, 5.41) is 9.87. The third kappa shape index (κ3) is 5.09. The minimum atomic E-state index is -0.563. The first-order valence-corrected chi connectivity index (χ1v) is 6.64. The molecule has 0 aliphatic carbocycles. The zero-order valence-electron chi connectivity index (χ0n) is 11.5. The predicted octanol–water partition coefficient (Wildman–Crippen LogP) is 2.34. The number of carbonyl (C=O) groups is 1. The monoisotopic (exact) mass is 285 g/mol. The van der Waals surface area contributed by atoms with Gasteiger partial charge < -0.3 is 14.7 Å². The Hall–Kier alpha value is -1.26. The van der Waals surface area contributed by atoms with Crippen molar-refractivity contribution >= 4 is 17.5 Å². The minimum absolute atomic E-state index is 0.0111. The number of amides is 1. The topological polar surface area (TPSA) is 49.8 Å². The maximum Gasteiger partial charge on any atom is 0.260 e. The molecule has 1 amide bonds. The van der Waals surface area contributed by atoms with Gasteiger partial charge in [0.15, 0.2) is 6.61 Å². The molecular formula is C14H20ClNO3. The first kappa shape index (κ1) is 15.8. The number of benzene rings is 1. The Kier molecular flexibility index (Phi) is 6.12. The van der Waals surface area contributed by atoms with Crippen LogP contribution in [0.1, 0.15) is 20.8 Å². The first-order valence-electron chi connectivity index (χ1n) is 6.26. The van der Waals surface area contributed by atoms with Crippen LogP contribution in [0.2, 0.25) is 5.02 Å². The number of nitrogens with zero attached hydrogens (tertiary/aromatic N) is 1. The lowest BCUT2D eigenvalue weighted by atomic mass is 10.2. The molecule has 0 heterocycles. The molecule has 1 rings (SSSR count). The van der Waals surface area contributed by atoms with Crippen molar-refractivity contribution in [2.75, 3.05) is 13.2 Å². The van der Waals surface area contributed by atoms with Crippen LogP contribution in [-0.2, 0) is 4.79 Å². The summed E-state index contributed by atoms with van der Waals surface area (Å²) >= 11 is 5.94. The molecule has 0 radical (unpaired) electrons. The molecule has 0 saturated carbocycles. The number of hydrogen-bond acceptors (Lipinski definition) is 3. The zero-order valence-corrected chi connectivity index (χ0v) is 12.2. The van der Waals surface area contributed by atoms with E-state index in [4.69, 9.17) is 16.3 Å². The fourth-order valence-electron chi connectivity index (χ4n) is 1.67. The Bertz CT molecular complexity index is 421. The van der Waals surface area contributed by atoms with Gasteiger partial charge in [0.1, 0.15) is 5.75 Å². The molecule has 19 heavy (non-hydrogen) atoms. The molecule has 0 bridgehead atoms. The number of para-hydroxylation sites is 1. The van der Waals surface area contributed by atoms with E-state index < -0.39 is 6.10 Å². The van der Waals surface area contributed by atoms with Crippen LogP contribution in [0.5, 0.6) is 5.75 Å². The first-order chi connectivity index (χ1) is 8.91. The Balaban J connectivity index is 2.60. The van der Waals surface area contributed by atoms with Crippen molar-refractivity contribution < 1.29 is 14.6 Å². The summed E-state index contributed by atoms with van der Waals surface area (Å²) in [7, 11) is 0. The summed E-state index contributed by atoms with van der Waals surface area (Å²) in [6.07, 6.45) is -0.563. The van der Waals surface area contributed by atoms with E-state index in [1.807, 2.05) is 13.8 Å². The SMILES string of the molecule is CC(O)CN(C(=O)COc1ccccc1Cl)C(C)C. The fraction of sp³-hybridized carbons (Fsp3) is 0.500. The van der Waals surface area contributed by atoms with Crippen molar-refractivity contribution in [3.63, 3.8) is 0 Å². The lowest BCUT2D eigenvalue weighted by Crippen LogP contribution is -2.43. The van der Waals surface area contributed by atoms with E-state index in [0.29, 0.717) is 17.3 Å². The number of halogens is 1. The van der Waals surface area contributed by atoms with E-state index in [1.54, 1.807) is 36.1 Å². The molecule has 0 aliphatic rings. The summed E-state index contributed by atoms with van der Waals surface area (Å²) < 4.78 is 5.41. The van der Waals surface area contributed by atoms with Crippen LogP contribution in [-0.4, -0.2) is 41.2 Å². The Morgan fingerprint density at radius 2 is 2.00 bits per heavy atom. The average molecular weight is 286 g/mol. The van der Waals surface area contributed by atoms with Gasteiger partial charge in [0.2, 0.25) is 0 Å². The Labute approximate surface area is 118 Å². The molecule has 0 aliphatic heterocycles. The van der Waals surface area contributed by atoms with E-state index in [-0.39, 0.29) is 18.6 Å². The highest BCUT2D eigenvalue weighted by molar-refractivity contribution is 6.32. The maximum absolute atomic E-state index is 12.1. The fourth-order valence-corrected chi connectivity index (χ4v) is 1.86. The summed E-state index contributed by atoms with van der Waals surface area (Å²) in [5.41, 5.74) is 0. The smallest absolute Gasteiger partial charge is 0.260 e. The van der Waals surface area contributed by atoms with E-state index in [2.05, 4.69) is 0 Å². The van der Waals surface area contributed by atoms with Gasteiger partial charge in [-0.25, -0.2) is 0 Å². The predicted molar refractivity (Wildman–Crippen MR) is 75.5 cm³/mol. The highest BCUT2D eigenvalue weighted by atomic mass is 35.5. The highest BCUT2D eigenvalue weighted by Crippen LogP contribution is 2.23. The summed E-state index contributed by atoms with van der Waals surface area (Å²) in [6, 6.07) is 7.02. The number of aliphatic hydroxyl groups excluding tert-OH is 1. The zero-order chi connectivity index (χ0) is 14.4. The molecule has 1 atom stereocenters. The molecule has 0 saturated heterocycles. The summed E-state index contributed by atoms with van der Waals surface area (Å²) in [5.74, 6) is 0.314. The van der Waals surface area contributed by atoms with E-state index in [0.717, 1.165) is 0 Å². The van der Waals surface area contributed by atoms with Crippen LogP contribution in [0.25, 0.3) is 0 Å². The number of carbonyl (C=O) groups excluding carboxylic acids is 1. The van der Waals surface area contributed by atoms with Gasteiger partial charge in [-0.05, 0) is 32.9 Å². The van der Waals surface area contributed by atoms with Crippen molar-refractivity contribution in [3.8, 4) is 5.75 Å². The molecule has 1 unspecified atom stereocenters. The van der Waals surface area contributed by atoms with Gasteiger partial charge >= 0.3 is 0 Å². The lowest BCUT2D eigenvalue weighted by Gasteiger charge is -2.28. The van der Waals surface area contributed by atoms with Gasteiger partial charge in [-0.1, -0.05) is 23.7 Å². The van der Waals surface area contributed by atoms with Crippen LogP contribution in [0.4, 0.5) is 0 Å². The molecule has 106 valence electrons. The second-order valence-corrected chi connectivity index (χ2v) is 5.12. The molecule has 0 aromatic heterocycles. The van der Waals surface area contributed by atoms with Gasteiger partial charge in [0.25, 0.3) is 5.91 Å². The number of aliphatic hydroxyl groups is 1. The van der Waals surface area contributed by atoms with Crippen LogP contribution in [0, 0.1) is 0 Å². The Morgan fingerprint density at radius 1 is 1.37 bits per heavy atom. The second kappa shape index (κ2) is 7.36. The van der Waals surface area contributed by atoms with Crippen LogP contribution >= 0.6 is 11.6 Å². The minimum Gasteiger partial charge on any atom is -0.482 e. The molecule has 1 aromatic carbocycles. The largest absolute Gasteiger partial charge is 0.482 e. The molecule has 4 nitrogen and oxygen atoms in total. The third-order valence-corrected chi connectivity index (χ3v) is 2.90. The third-order valence-electron chi connectivity index (χ3n) is 2.59. The standard InChI is InChI=1S/C14H20ClNO3/c1-10(2)16(8-11(3)17)14(18)9-19-13-7-5-4-6-12(13)15/h4-7,10-11,17H,8-9H2,1-3H3. The lowest BCUT2D eigenvalue weighted by molar-refractivity contribution is -0.136. The highest BCUT2D eigenvalue weighted by Gasteiger charge is 2.19. The van der Waals surface area contributed by atoms with Crippen molar-refractivity contribution in [2.45, 2.75) is 32.9 Å². The number of ether oxygens (including phenoxy) is 1. The quantitative estimate of drug-likeness (QED) is 0.873. The van der Waals surface area contributed by atoms with Gasteiger partial charge in [-0.3, -0.25) is 4.79 Å². The molecule has 0 spiro atoms. The van der Waals surface area contributed by atoms with Crippen molar-refractivity contribution in [1.82, 2.24) is 4.90 Å². The molecule has 1 N–H and O–H groups in total. The summed E-state index contributed by atoms with van der Waals surface area (Å²) in [6.45, 7) is 5.65. The molecular weight excluding hydrogens is 266 g/mol. The summed E-state index contributed by atoms with van der Waals surface area (Å²) in [4.78, 5) is 13.6. The number of hydrogen-bond donors (Lipinski definition) is 1. The molecule has 1 aromatic rings. The normalized spacial score (nSPS) is 12.3. The van der Waals surface area contributed by atoms with Crippen LogP contribution in [0.3, 0.4) is 0 Å². The van der Waals surface area contributed by atoms with Crippen molar-refractivity contribution in [1.29, 1.82) is 0 Å². The average Bonchev–Trinajstić information content (AvgIpc) is 2.34. The maximum atomic E-state index is 12.1. The van der Waals surface area contributed by atoms with Gasteiger partial charge in [-0.15, -0.1) is 0 Å². The van der Waals surface area contributed by atoms with Gasteiger partial charge in [-0.2, -0.15) is 0 Å². The van der Waals surface area contributed by atoms with Crippen molar-refractivity contribution in [2.24, 2.45) is 0 Å². The van der Waals surface area contributed by atoms with Crippen LogP contribution < -0.4 is 4.74 Å². The van der Waals surface area contributed by atoms with Gasteiger partial charge in [0.05, 0.1) is 11.1 Å². The van der Waals surface area contributed by atoms with E-state index in [9.17, 15) is 9.90 Å². The van der Waals surface area contributed by atoms with Crippen LogP contribution in [0.15, 0.2) is 24.3 Å². The second-order valence-electron chi connectivity index (χ2n) is 4.71. The van der Waals surface area contributed by atoms with E-state index >= 15 is 0 Å². The van der Waals surface area contributed by atoms with Crippen molar-refractivity contribution in [3.05, 3.63) is 29.3 Å². The Morgan fingerprint density at radius 3 is 2.53 bits per heavy atom. The van der Waals surface area contributed by atoms with Gasteiger partial charge in [0, 0.05) is 12.6 Å². The molecule has 5 heteroatoms. The molecule has 0 fully saturated rings. The number of rotatable bonds is 6.